The fourth-order valence-corrected chi connectivity index (χ4v) is 3.90. The van der Waals surface area contributed by atoms with Crippen LogP contribution in [-0.4, -0.2) is 17.1 Å². The van der Waals surface area contributed by atoms with Crippen molar-refractivity contribution in [3.63, 3.8) is 0 Å². The normalized spacial score (nSPS) is 21.6. The lowest BCUT2D eigenvalue weighted by molar-refractivity contribution is 0.0285. The van der Waals surface area contributed by atoms with Crippen LogP contribution < -0.4 is 5.56 Å². The van der Waals surface area contributed by atoms with Gasteiger partial charge >= 0.3 is 0 Å². The number of aryl methyl sites for hydroxylation is 1. The van der Waals surface area contributed by atoms with Gasteiger partial charge in [-0.1, -0.05) is 25.7 Å². The Morgan fingerprint density at radius 1 is 1.10 bits per heavy atom. The van der Waals surface area contributed by atoms with Crippen molar-refractivity contribution in [3.05, 3.63) is 27.4 Å². The van der Waals surface area contributed by atoms with E-state index >= 15 is 0 Å². The standard InChI is InChI=1S/C17H26N2O2/c1-21-15(12-8-4-2-5-9-12)16-18-14-11-7-3-6-10-13(14)17(20)19-16/h12,15H,2-11H2,1H3,(H,18,19,20). The zero-order valence-electron chi connectivity index (χ0n) is 13.0. The van der Waals surface area contributed by atoms with Crippen LogP contribution in [-0.2, 0) is 17.6 Å². The minimum atomic E-state index is -0.0495. The van der Waals surface area contributed by atoms with Crippen LogP contribution in [0.4, 0.5) is 0 Å². The molecule has 4 heteroatoms. The van der Waals surface area contributed by atoms with Crippen molar-refractivity contribution in [2.45, 2.75) is 70.3 Å². The van der Waals surface area contributed by atoms with Gasteiger partial charge in [-0.25, -0.2) is 4.98 Å². The summed E-state index contributed by atoms with van der Waals surface area (Å²) in [4.78, 5) is 20.2. The number of rotatable bonds is 3. The third-order valence-electron chi connectivity index (χ3n) is 5.06. The van der Waals surface area contributed by atoms with Gasteiger partial charge in [-0.15, -0.1) is 0 Å². The van der Waals surface area contributed by atoms with Crippen molar-refractivity contribution in [2.75, 3.05) is 7.11 Å². The average molecular weight is 290 g/mol. The molecule has 1 unspecified atom stereocenters. The molecule has 2 aliphatic carbocycles. The molecule has 4 nitrogen and oxygen atoms in total. The zero-order chi connectivity index (χ0) is 14.7. The Morgan fingerprint density at radius 2 is 1.81 bits per heavy atom. The molecule has 0 radical (unpaired) electrons. The Morgan fingerprint density at radius 3 is 2.57 bits per heavy atom. The van der Waals surface area contributed by atoms with E-state index in [4.69, 9.17) is 9.72 Å². The van der Waals surface area contributed by atoms with E-state index in [1.54, 1.807) is 7.11 Å². The van der Waals surface area contributed by atoms with Gasteiger partial charge < -0.3 is 9.72 Å². The number of aromatic amines is 1. The summed E-state index contributed by atoms with van der Waals surface area (Å²) in [6, 6.07) is 0. The molecule has 116 valence electrons. The van der Waals surface area contributed by atoms with E-state index in [1.807, 2.05) is 0 Å². The van der Waals surface area contributed by atoms with Gasteiger partial charge in [-0.05, 0) is 44.4 Å². The molecule has 1 saturated carbocycles. The topological polar surface area (TPSA) is 55.0 Å². The number of fused-ring (bicyclic) bond motifs is 1. The monoisotopic (exact) mass is 290 g/mol. The molecule has 3 rings (SSSR count). The van der Waals surface area contributed by atoms with Crippen LogP contribution in [0.25, 0.3) is 0 Å². The third kappa shape index (κ3) is 3.20. The summed E-state index contributed by atoms with van der Waals surface area (Å²) in [5.74, 6) is 1.26. The molecule has 1 fully saturated rings. The predicted octanol–water partition coefficient (Wildman–Crippen LogP) is 3.31. The largest absolute Gasteiger partial charge is 0.373 e. The number of nitrogens with zero attached hydrogens (tertiary/aromatic N) is 1. The van der Waals surface area contributed by atoms with Gasteiger partial charge in [0, 0.05) is 12.7 Å². The van der Waals surface area contributed by atoms with Gasteiger partial charge in [-0.3, -0.25) is 4.79 Å². The highest BCUT2D eigenvalue weighted by Gasteiger charge is 2.28. The summed E-state index contributed by atoms with van der Waals surface area (Å²) >= 11 is 0. The number of hydrogen-bond acceptors (Lipinski definition) is 3. The lowest BCUT2D eigenvalue weighted by Gasteiger charge is -2.28. The molecular weight excluding hydrogens is 264 g/mol. The van der Waals surface area contributed by atoms with E-state index in [1.165, 1.54) is 38.5 Å². The van der Waals surface area contributed by atoms with Gasteiger partial charge in [0.2, 0.25) is 0 Å². The number of nitrogens with one attached hydrogen (secondary N) is 1. The fraction of sp³-hybridized carbons (Fsp3) is 0.765. The number of methoxy groups -OCH3 is 1. The van der Waals surface area contributed by atoms with Crippen molar-refractivity contribution >= 4 is 0 Å². The van der Waals surface area contributed by atoms with Gasteiger partial charge in [0.15, 0.2) is 0 Å². The maximum absolute atomic E-state index is 12.4. The fourth-order valence-electron chi connectivity index (χ4n) is 3.90. The van der Waals surface area contributed by atoms with Crippen molar-refractivity contribution in [3.8, 4) is 0 Å². The van der Waals surface area contributed by atoms with Crippen molar-refractivity contribution in [1.29, 1.82) is 0 Å². The molecule has 1 aromatic heterocycles. The van der Waals surface area contributed by atoms with Gasteiger partial charge in [-0.2, -0.15) is 0 Å². The molecule has 0 bridgehead atoms. The first-order valence-electron chi connectivity index (χ1n) is 8.44. The second-order valence-electron chi connectivity index (χ2n) is 6.49. The van der Waals surface area contributed by atoms with E-state index < -0.39 is 0 Å². The molecular formula is C17H26N2O2. The third-order valence-corrected chi connectivity index (χ3v) is 5.06. The molecule has 0 spiro atoms. The highest BCUT2D eigenvalue weighted by atomic mass is 16.5. The van der Waals surface area contributed by atoms with Crippen LogP contribution in [0.3, 0.4) is 0 Å². The van der Waals surface area contributed by atoms with Crippen LogP contribution in [0.1, 0.15) is 74.6 Å². The maximum Gasteiger partial charge on any atom is 0.254 e. The van der Waals surface area contributed by atoms with E-state index in [0.29, 0.717) is 5.92 Å². The summed E-state index contributed by atoms with van der Waals surface area (Å²) < 4.78 is 5.72. The molecule has 0 saturated heterocycles. The quantitative estimate of drug-likeness (QED) is 0.869. The minimum absolute atomic E-state index is 0.0495. The SMILES string of the molecule is COC(c1nc2c(c(=O)[nH]1)CCCCC2)C1CCCCC1. The Kier molecular flexibility index (Phi) is 4.73. The molecule has 0 aromatic carbocycles. The second-order valence-corrected chi connectivity index (χ2v) is 6.49. The van der Waals surface area contributed by atoms with Crippen molar-refractivity contribution in [1.82, 2.24) is 9.97 Å². The van der Waals surface area contributed by atoms with E-state index in [-0.39, 0.29) is 11.7 Å². The molecule has 1 atom stereocenters. The molecule has 0 amide bonds. The Bertz CT molecular complexity index is 532. The smallest absolute Gasteiger partial charge is 0.254 e. The lowest BCUT2D eigenvalue weighted by Crippen LogP contribution is -2.26. The van der Waals surface area contributed by atoms with Crippen LogP contribution in [0.15, 0.2) is 4.79 Å². The zero-order valence-corrected chi connectivity index (χ0v) is 13.0. The first kappa shape index (κ1) is 14.8. The second kappa shape index (κ2) is 6.73. The summed E-state index contributed by atoms with van der Waals surface area (Å²) in [5.41, 5.74) is 1.99. The van der Waals surface area contributed by atoms with Crippen LogP contribution in [0.5, 0.6) is 0 Å². The first-order valence-corrected chi connectivity index (χ1v) is 8.44. The Balaban J connectivity index is 1.91. The van der Waals surface area contributed by atoms with Crippen LogP contribution >= 0.6 is 0 Å². The van der Waals surface area contributed by atoms with Crippen molar-refractivity contribution in [2.24, 2.45) is 5.92 Å². The van der Waals surface area contributed by atoms with Gasteiger partial charge in [0.1, 0.15) is 11.9 Å². The lowest BCUT2D eigenvalue weighted by atomic mass is 9.85. The molecule has 1 heterocycles. The minimum Gasteiger partial charge on any atom is -0.373 e. The predicted molar refractivity (Wildman–Crippen MR) is 82.4 cm³/mol. The van der Waals surface area contributed by atoms with Gasteiger partial charge in [0.25, 0.3) is 5.56 Å². The maximum atomic E-state index is 12.4. The highest BCUT2D eigenvalue weighted by Crippen LogP contribution is 2.35. The Labute approximate surface area is 126 Å². The summed E-state index contributed by atoms with van der Waals surface area (Å²) in [6.07, 6.45) is 11.4. The number of aromatic nitrogens is 2. The van der Waals surface area contributed by atoms with Crippen molar-refractivity contribution < 1.29 is 4.74 Å². The Hall–Kier alpha value is -1.16. The molecule has 1 N–H and O–H groups in total. The molecule has 0 aliphatic heterocycles. The molecule has 2 aliphatic rings. The summed E-state index contributed by atoms with van der Waals surface area (Å²) in [5, 5.41) is 0. The first-order chi connectivity index (χ1) is 10.3. The molecule has 1 aromatic rings. The number of H-pyrrole nitrogens is 1. The van der Waals surface area contributed by atoms with E-state index in [0.717, 1.165) is 42.8 Å². The number of hydrogen-bond donors (Lipinski definition) is 1. The molecule has 21 heavy (non-hydrogen) atoms. The van der Waals surface area contributed by atoms with E-state index in [9.17, 15) is 4.79 Å². The van der Waals surface area contributed by atoms with Gasteiger partial charge in [0.05, 0.1) is 5.69 Å². The summed E-state index contributed by atoms with van der Waals surface area (Å²) in [6.45, 7) is 0. The number of ether oxygens (including phenoxy) is 1. The summed E-state index contributed by atoms with van der Waals surface area (Å²) in [7, 11) is 1.74. The van der Waals surface area contributed by atoms with Crippen LogP contribution in [0, 0.1) is 5.92 Å². The van der Waals surface area contributed by atoms with E-state index in [2.05, 4.69) is 4.98 Å². The highest BCUT2D eigenvalue weighted by molar-refractivity contribution is 5.20. The van der Waals surface area contributed by atoms with Crippen LogP contribution in [0.2, 0.25) is 0 Å². The average Bonchev–Trinajstić information content (AvgIpc) is 2.75.